The van der Waals surface area contributed by atoms with Crippen molar-refractivity contribution in [3.63, 3.8) is 0 Å². The van der Waals surface area contributed by atoms with Gasteiger partial charge in [0.2, 0.25) is 0 Å². The molecule has 0 amide bonds. The standard InChI is InChI=1S/C14H24N4O/c1-2-4-15-14-12-13(3-5-16-14)18-8-6-17(7-9-18)10-11-19/h3,5,12,19H,2,4,6-11H2,1H3,(H,15,16). The van der Waals surface area contributed by atoms with Gasteiger partial charge in [-0.25, -0.2) is 4.98 Å². The zero-order valence-corrected chi connectivity index (χ0v) is 11.7. The number of aromatic nitrogens is 1. The van der Waals surface area contributed by atoms with Crippen LogP contribution >= 0.6 is 0 Å². The normalized spacial score (nSPS) is 16.6. The summed E-state index contributed by atoms with van der Waals surface area (Å²) in [5, 5.41) is 12.3. The van der Waals surface area contributed by atoms with Gasteiger partial charge in [0, 0.05) is 57.2 Å². The minimum Gasteiger partial charge on any atom is -0.395 e. The summed E-state index contributed by atoms with van der Waals surface area (Å²) in [5.41, 5.74) is 1.23. The third-order valence-electron chi connectivity index (χ3n) is 3.45. The first-order valence-corrected chi connectivity index (χ1v) is 7.11. The molecule has 1 saturated heterocycles. The van der Waals surface area contributed by atoms with E-state index in [1.807, 2.05) is 6.20 Å². The van der Waals surface area contributed by atoms with E-state index in [4.69, 9.17) is 5.11 Å². The van der Waals surface area contributed by atoms with Crippen molar-refractivity contribution < 1.29 is 5.11 Å². The second kappa shape index (κ2) is 7.31. The molecule has 0 unspecified atom stereocenters. The first-order valence-electron chi connectivity index (χ1n) is 7.11. The highest BCUT2D eigenvalue weighted by Gasteiger charge is 2.16. The van der Waals surface area contributed by atoms with Gasteiger partial charge in [-0.05, 0) is 12.5 Å². The summed E-state index contributed by atoms with van der Waals surface area (Å²) >= 11 is 0. The smallest absolute Gasteiger partial charge is 0.127 e. The molecular formula is C14H24N4O. The van der Waals surface area contributed by atoms with Crippen LogP contribution < -0.4 is 10.2 Å². The number of piperazine rings is 1. The Morgan fingerprint density at radius 3 is 2.79 bits per heavy atom. The molecule has 0 saturated carbocycles. The molecule has 1 aromatic rings. The number of aliphatic hydroxyl groups excluding tert-OH is 1. The van der Waals surface area contributed by atoms with Gasteiger partial charge in [0.1, 0.15) is 5.82 Å². The lowest BCUT2D eigenvalue weighted by Gasteiger charge is -2.35. The summed E-state index contributed by atoms with van der Waals surface area (Å²) in [5.74, 6) is 0.956. The zero-order valence-electron chi connectivity index (χ0n) is 11.7. The van der Waals surface area contributed by atoms with Gasteiger partial charge in [0.25, 0.3) is 0 Å². The maximum atomic E-state index is 8.95. The molecule has 1 fully saturated rings. The van der Waals surface area contributed by atoms with Crippen LogP contribution in [0.4, 0.5) is 11.5 Å². The van der Waals surface area contributed by atoms with Crippen LogP contribution in [0, 0.1) is 0 Å². The lowest BCUT2D eigenvalue weighted by atomic mass is 10.2. The van der Waals surface area contributed by atoms with Gasteiger partial charge in [0.05, 0.1) is 6.61 Å². The van der Waals surface area contributed by atoms with E-state index in [1.165, 1.54) is 5.69 Å². The molecular weight excluding hydrogens is 240 g/mol. The Bertz CT molecular complexity index is 377. The highest BCUT2D eigenvalue weighted by molar-refractivity contribution is 5.54. The monoisotopic (exact) mass is 264 g/mol. The Morgan fingerprint density at radius 2 is 2.11 bits per heavy atom. The molecule has 1 aliphatic heterocycles. The number of rotatable bonds is 6. The predicted octanol–water partition coefficient (Wildman–Crippen LogP) is 1.02. The molecule has 1 aromatic heterocycles. The molecule has 2 rings (SSSR count). The second-order valence-corrected chi connectivity index (χ2v) is 4.88. The molecule has 2 heterocycles. The lowest BCUT2D eigenvalue weighted by Crippen LogP contribution is -2.47. The average Bonchev–Trinajstić information content (AvgIpc) is 2.46. The van der Waals surface area contributed by atoms with E-state index in [1.54, 1.807) is 0 Å². The van der Waals surface area contributed by atoms with E-state index in [9.17, 15) is 0 Å². The van der Waals surface area contributed by atoms with Crippen LogP contribution in [0.1, 0.15) is 13.3 Å². The highest BCUT2D eigenvalue weighted by Crippen LogP contribution is 2.18. The van der Waals surface area contributed by atoms with Crippen LogP contribution in [0.3, 0.4) is 0 Å². The third kappa shape index (κ3) is 4.08. The molecule has 0 bridgehead atoms. The fourth-order valence-electron chi connectivity index (χ4n) is 2.34. The maximum absolute atomic E-state index is 8.95. The van der Waals surface area contributed by atoms with Crippen molar-refractivity contribution in [3.05, 3.63) is 18.3 Å². The van der Waals surface area contributed by atoms with E-state index < -0.39 is 0 Å². The van der Waals surface area contributed by atoms with Gasteiger partial charge < -0.3 is 15.3 Å². The molecule has 106 valence electrons. The van der Waals surface area contributed by atoms with Crippen LogP contribution in [0.15, 0.2) is 18.3 Å². The van der Waals surface area contributed by atoms with Crippen molar-refractivity contribution in [2.45, 2.75) is 13.3 Å². The highest BCUT2D eigenvalue weighted by atomic mass is 16.3. The van der Waals surface area contributed by atoms with Gasteiger partial charge in [-0.2, -0.15) is 0 Å². The first-order chi connectivity index (χ1) is 9.33. The molecule has 5 nitrogen and oxygen atoms in total. The summed E-state index contributed by atoms with van der Waals surface area (Å²) < 4.78 is 0. The number of hydrogen-bond acceptors (Lipinski definition) is 5. The van der Waals surface area contributed by atoms with Crippen molar-refractivity contribution in [3.8, 4) is 0 Å². The molecule has 0 radical (unpaired) electrons. The van der Waals surface area contributed by atoms with Crippen LogP contribution in [0.5, 0.6) is 0 Å². The van der Waals surface area contributed by atoms with E-state index in [0.717, 1.165) is 51.5 Å². The van der Waals surface area contributed by atoms with Crippen molar-refractivity contribution in [2.75, 3.05) is 56.1 Å². The molecule has 19 heavy (non-hydrogen) atoms. The number of pyridine rings is 1. The number of anilines is 2. The quantitative estimate of drug-likeness (QED) is 0.803. The van der Waals surface area contributed by atoms with Crippen molar-refractivity contribution in [2.24, 2.45) is 0 Å². The van der Waals surface area contributed by atoms with Crippen molar-refractivity contribution in [1.82, 2.24) is 9.88 Å². The van der Waals surface area contributed by atoms with Crippen LogP contribution in [-0.2, 0) is 0 Å². The molecule has 5 heteroatoms. The van der Waals surface area contributed by atoms with E-state index in [-0.39, 0.29) is 6.61 Å². The zero-order chi connectivity index (χ0) is 13.5. The summed E-state index contributed by atoms with van der Waals surface area (Å²) in [6.45, 7) is 8.20. The minimum absolute atomic E-state index is 0.250. The summed E-state index contributed by atoms with van der Waals surface area (Å²) in [6, 6.07) is 4.19. The first kappa shape index (κ1) is 14.1. The van der Waals surface area contributed by atoms with E-state index in [2.05, 4.69) is 39.2 Å². The molecule has 0 atom stereocenters. The molecule has 2 N–H and O–H groups in total. The number of β-amino-alcohol motifs (C(OH)–C–C–N with tert-alkyl or cyclic N) is 1. The number of nitrogens with one attached hydrogen (secondary N) is 1. The molecule has 0 aromatic carbocycles. The maximum Gasteiger partial charge on any atom is 0.127 e. The van der Waals surface area contributed by atoms with Gasteiger partial charge in [-0.1, -0.05) is 6.92 Å². The summed E-state index contributed by atoms with van der Waals surface area (Å²) in [7, 11) is 0. The topological polar surface area (TPSA) is 51.6 Å². The van der Waals surface area contributed by atoms with Gasteiger partial charge >= 0.3 is 0 Å². The molecule has 0 aliphatic carbocycles. The minimum atomic E-state index is 0.250. The Hall–Kier alpha value is -1.33. The second-order valence-electron chi connectivity index (χ2n) is 4.88. The Kier molecular flexibility index (Phi) is 5.42. The van der Waals surface area contributed by atoms with Gasteiger partial charge in [0.15, 0.2) is 0 Å². The molecule has 1 aliphatic rings. The van der Waals surface area contributed by atoms with Crippen molar-refractivity contribution in [1.29, 1.82) is 0 Å². The largest absolute Gasteiger partial charge is 0.395 e. The lowest BCUT2D eigenvalue weighted by molar-refractivity contribution is 0.189. The molecule has 0 spiro atoms. The van der Waals surface area contributed by atoms with E-state index >= 15 is 0 Å². The predicted molar refractivity (Wildman–Crippen MR) is 78.8 cm³/mol. The number of hydrogen-bond donors (Lipinski definition) is 2. The van der Waals surface area contributed by atoms with Crippen LogP contribution in [0.2, 0.25) is 0 Å². The number of aliphatic hydroxyl groups is 1. The summed E-state index contributed by atoms with van der Waals surface area (Å²) in [6.07, 6.45) is 2.97. The fourth-order valence-corrected chi connectivity index (χ4v) is 2.34. The van der Waals surface area contributed by atoms with E-state index in [0.29, 0.717) is 0 Å². The Morgan fingerprint density at radius 1 is 1.32 bits per heavy atom. The SMILES string of the molecule is CCCNc1cc(N2CCN(CCO)CC2)ccn1. The third-order valence-corrected chi connectivity index (χ3v) is 3.45. The van der Waals surface area contributed by atoms with Crippen LogP contribution in [-0.4, -0.2) is 60.9 Å². The Balaban J connectivity index is 1.91. The number of nitrogens with zero attached hydrogens (tertiary/aromatic N) is 3. The van der Waals surface area contributed by atoms with Crippen molar-refractivity contribution >= 4 is 11.5 Å². The fraction of sp³-hybridized carbons (Fsp3) is 0.643. The van der Waals surface area contributed by atoms with Crippen LogP contribution in [0.25, 0.3) is 0 Å². The van der Waals surface area contributed by atoms with Gasteiger partial charge in [-0.15, -0.1) is 0 Å². The van der Waals surface area contributed by atoms with Gasteiger partial charge in [-0.3, -0.25) is 4.90 Å². The summed E-state index contributed by atoms with van der Waals surface area (Å²) in [4.78, 5) is 9.02. The Labute approximate surface area is 115 Å². The average molecular weight is 264 g/mol.